The Kier molecular flexibility index (Phi) is 4.19. The molecule has 1 fully saturated rings. The third kappa shape index (κ3) is 3.59. The Morgan fingerprint density at radius 3 is 3.10 bits per heavy atom. The van der Waals surface area contributed by atoms with Crippen LogP contribution in [0, 0.1) is 5.41 Å². The SMILES string of the molecule is CC1(C)CCSCC1Nc1cccc(Cn2cncn2)c1. The van der Waals surface area contributed by atoms with Crippen molar-refractivity contribution in [3.63, 3.8) is 0 Å². The van der Waals surface area contributed by atoms with E-state index >= 15 is 0 Å². The van der Waals surface area contributed by atoms with E-state index in [0.29, 0.717) is 11.5 Å². The predicted molar refractivity (Wildman–Crippen MR) is 88.7 cm³/mol. The molecule has 0 spiro atoms. The number of benzene rings is 1. The van der Waals surface area contributed by atoms with E-state index in [2.05, 4.69) is 53.5 Å². The lowest BCUT2D eigenvalue weighted by Gasteiger charge is -2.39. The number of hydrogen-bond acceptors (Lipinski definition) is 4. The normalized spacial score (nSPS) is 21.1. The zero-order valence-corrected chi connectivity index (χ0v) is 13.4. The molecule has 1 aliphatic rings. The van der Waals surface area contributed by atoms with E-state index in [9.17, 15) is 0 Å². The summed E-state index contributed by atoms with van der Waals surface area (Å²) in [4.78, 5) is 3.99. The summed E-state index contributed by atoms with van der Waals surface area (Å²) in [6.45, 7) is 5.49. The standard InChI is InChI=1S/C16H22N4S/c1-16(2)6-7-21-10-15(16)19-14-5-3-4-13(8-14)9-20-12-17-11-18-20/h3-5,8,11-12,15,19H,6-7,9-10H2,1-2H3. The van der Waals surface area contributed by atoms with E-state index in [0.717, 1.165) is 6.54 Å². The van der Waals surface area contributed by atoms with Crippen molar-refractivity contribution in [1.29, 1.82) is 0 Å². The van der Waals surface area contributed by atoms with Crippen LogP contribution in [0.5, 0.6) is 0 Å². The molecule has 2 heterocycles. The summed E-state index contributed by atoms with van der Waals surface area (Å²) in [7, 11) is 0. The third-order valence-electron chi connectivity index (χ3n) is 4.20. The van der Waals surface area contributed by atoms with Gasteiger partial charge in [-0.3, -0.25) is 0 Å². The first-order valence-corrected chi connectivity index (χ1v) is 8.55. The predicted octanol–water partition coefficient (Wildman–Crippen LogP) is 3.27. The zero-order valence-electron chi connectivity index (χ0n) is 12.6. The van der Waals surface area contributed by atoms with E-state index < -0.39 is 0 Å². The Labute approximate surface area is 130 Å². The summed E-state index contributed by atoms with van der Waals surface area (Å²) in [6, 6.07) is 9.14. The summed E-state index contributed by atoms with van der Waals surface area (Å²) >= 11 is 2.05. The van der Waals surface area contributed by atoms with Crippen molar-refractivity contribution in [3.8, 4) is 0 Å². The molecule has 1 unspecified atom stereocenters. The Morgan fingerprint density at radius 1 is 1.43 bits per heavy atom. The molecule has 4 nitrogen and oxygen atoms in total. The van der Waals surface area contributed by atoms with Crippen molar-refractivity contribution in [3.05, 3.63) is 42.5 Å². The second-order valence-electron chi connectivity index (χ2n) is 6.30. The van der Waals surface area contributed by atoms with Gasteiger partial charge in [0.2, 0.25) is 0 Å². The van der Waals surface area contributed by atoms with Gasteiger partial charge in [-0.25, -0.2) is 9.67 Å². The summed E-state index contributed by atoms with van der Waals surface area (Å²) < 4.78 is 1.85. The quantitative estimate of drug-likeness (QED) is 0.941. The molecule has 2 aromatic rings. The van der Waals surface area contributed by atoms with Gasteiger partial charge in [0.1, 0.15) is 12.7 Å². The van der Waals surface area contributed by atoms with Gasteiger partial charge in [-0.05, 0) is 35.3 Å². The Bertz CT molecular complexity index is 580. The Morgan fingerprint density at radius 2 is 2.33 bits per heavy atom. The number of thioether (sulfide) groups is 1. The van der Waals surface area contributed by atoms with Crippen molar-refractivity contribution in [2.24, 2.45) is 5.41 Å². The highest BCUT2D eigenvalue weighted by molar-refractivity contribution is 7.99. The van der Waals surface area contributed by atoms with E-state index in [4.69, 9.17) is 0 Å². The number of rotatable bonds is 4. The first-order valence-electron chi connectivity index (χ1n) is 7.39. The zero-order chi connectivity index (χ0) is 14.7. The second kappa shape index (κ2) is 6.10. The molecule has 0 bridgehead atoms. The van der Waals surface area contributed by atoms with Crippen LogP contribution in [0.25, 0.3) is 0 Å². The molecule has 21 heavy (non-hydrogen) atoms. The number of nitrogens with zero attached hydrogens (tertiary/aromatic N) is 3. The summed E-state index contributed by atoms with van der Waals surface area (Å²) in [5.74, 6) is 2.46. The monoisotopic (exact) mass is 302 g/mol. The molecule has 3 rings (SSSR count). The fourth-order valence-electron chi connectivity index (χ4n) is 2.64. The van der Waals surface area contributed by atoms with Crippen LogP contribution in [0.3, 0.4) is 0 Å². The molecule has 5 heteroatoms. The van der Waals surface area contributed by atoms with Gasteiger partial charge in [0.05, 0.1) is 6.54 Å². The van der Waals surface area contributed by atoms with E-state index in [1.165, 1.54) is 29.2 Å². The van der Waals surface area contributed by atoms with Gasteiger partial charge >= 0.3 is 0 Å². The molecule has 0 saturated carbocycles. The lowest BCUT2D eigenvalue weighted by molar-refractivity contribution is 0.305. The molecule has 1 aliphatic heterocycles. The molecule has 1 atom stereocenters. The van der Waals surface area contributed by atoms with Crippen molar-refractivity contribution in [2.45, 2.75) is 32.9 Å². The maximum absolute atomic E-state index is 4.16. The largest absolute Gasteiger partial charge is 0.381 e. The molecule has 1 N–H and O–H groups in total. The van der Waals surface area contributed by atoms with Crippen LogP contribution in [0.2, 0.25) is 0 Å². The minimum absolute atomic E-state index is 0.354. The topological polar surface area (TPSA) is 42.7 Å². The molecule has 0 amide bonds. The average Bonchev–Trinajstić information content (AvgIpc) is 2.94. The van der Waals surface area contributed by atoms with Crippen LogP contribution in [0.15, 0.2) is 36.9 Å². The van der Waals surface area contributed by atoms with Crippen LogP contribution in [-0.4, -0.2) is 32.3 Å². The molecule has 1 aromatic heterocycles. The lowest BCUT2D eigenvalue weighted by atomic mass is 9.82. The summed E-state index contributed by atoms with van der Waals surface area (Å²) in [6.07, 6.45) is 4.60. The minimum atomic E-state index is 0.354. The fourth-order valence-corrected chi connectivity index (χ4v) is 4.24. The van der Waals surface area contributed by atoms with Crippen LogP contribution >= 0.6 is 11.8 Å². The molecular formula is C16H22N4S. The highest BCUT2D eigenvalue weighted by atomic mass is 32.2. The average molecular weight is 302 g/mol. The lowest BCUT2D eigenvalue weighted by Crippen LogP contribution is -2.41. The van der Waals surface area contributed by atoms with Gasteiger partial charge in [-0.1, -0.05) is 26.0 Å². The molecular weight excluding hydrogens is 280 g/mol. The van der Waals surface area contributed by atoms with Gasteiger partial charge in [0.15, 0.2) is 0 Å². The number of hydrogen-bond donors (Lipinski definition) is 1. The molecule has 0 radical (unpaired) electrons. The van der Waals surface area contributed by atoms with Crippen molar-refractivity contribution < 1.29 is 0 Å². The van der Waals surface area contributed by atoms with Crippen LogP contribution in [-0.2, 0) is 6.54 Å². The maximum Gasteiger partial charge on any atom is 0.137 e. The molecule has 1 saturated heterocycles. The highest BCUT2D eigenvalue weighted by Crippen LogP contribution is 2.36. The van der Waals surface area contributed by atoms with Crippen molar-refractivity contribution >= 4 is 17.4 Å². The summed E-state index contributed by atoms with van der Waals surface area (Å²) in [5, 5.41) is 7.89. The Balaban J connectivity index is 1.71. The smallest absolute Gasteiger partial charge is 0.137 e. The fraction of sp³-hybridized carbons (Fsp3) is 0.500. The number of nitrogens with one attached hydrogen (secondary N) is 1. The second-order valence-corrected chi connectivity index (χ2v) is 7.45. The van der Waals surface area contributed by atoms with Gasteiger partial charge < -0.3 is 5.32 Å². The minimum Gasteiger partial charge on any atom is -0.381 e. The number of aromatic nitrogens is 3. The van der Waals surface area contributed by atoms with Crippen molar-refractivity contribution in [1.82, 2.24) is 14.8 Å². The first kappa shape index (κ1) is 14.4. The van der Waals surface area contributed by atoms with E-state index in [-0.39, 0.29) is 0 Å². The molecule has 0 aliphatic carbocycles. The van der Waals surface area contributed by atoms with E-state index in [1.54, 1.807) is 12.7 Å². The van der Waals surface area contributed by atoms with Crippen molar-refractivity contribution in [2.75, 3.05) is 16.8 Å². The van der Waals surface area contributed by atoms with Gasteiger partial charge in [-0.15, -0.1) is 0 Å². The molecule has 112 valence electrons. The number of anilines is 1. The first-order chi connectivity index (χ1) is 10.1. The van der Waals surface area contributed by atoms with Gasteiger partial charge in [0.25, 0.3) is 0 Å². The third-order valence-corrected chi connectivity index (χ3v) is 5.26. The summed E-state index contributed by atoms with van der Waals surface area (Å²) in [5.41, 5.74) is 2.80. The maximum atomic E-state index is 4.16. The van der Waals surface area contributed by atoms with Crippen LogP contribution < -0.4 is 5.32 Å². The molecule has 1 aromatic carbocycles. The van der Waals surface area contributed by atoms with Crippen LogP contribution in [0.4, 0.5) is 5.69 Å². The Hall–Kier alpha value is -1.49. The van der Waals surface area contributed by atoms with E-state index in [1.807, 2.05) is 16.4 Å². The van der Waals surface area contributed by atoms with Gasteiger partial charge in [0, 0.05) is 17.5 Å². The van der Waals surface area contributed by atoms with Gasteiger partial charge in [-0.2, -0.15) is 16.9 Å². The van der Waals surface area contributed by atoms with Crippen LogP contribution in [0.1, 0.15) is 25.8 Å². The highest BCUT2D eigenvalue weighted by Gasteiger charge is 2.32.